The second-order valence-electron chi connectivity index (χ2n) is 11.3. The van der Waals surface area contributed by atoms with Crippen molar-refractivity contribution in [1.29, 1.82) is 0 Å². The van der Waals surface area contributed by atoms with E-state index in [9.17, 15) is 8.42 Å². The van der Waals surface area contributed by atoms with Crippen LogP contribution in [0.25, 0.3) is 0 Å². The molecule has 0 unspecified atom stereocenters. The molecule has 2 saturated heterocycles. The molecule has 0 atom stereocenters. The van der Waals surface area contributed by atoms with Gasteiger partial charge in [0.25, 0.3) is 0 Å². The Morgan fingerprint density at radius 3 is 2.33 bits per heavy atom. The highest BCUT2D eigenvalue weighted by Crippen LogP contribution is 2.33. The van der Waals surface area contributed by atoms with E-state index in [1.807, 2.05) is 13.1 Å². The minimum atomic E-state index is -3.51. The van der Waals surface area contributed by atoms with E-state index in [-0.39, 0.29) is 9.92 Å². The third-order valence-corrected chi connectivity index (χ3v) is 10.7. The molecule has 0 spiro atoms. The highest BCUT2D eigenvalue weighted by molar-refractivity contribution is 7.92. The maximum absolute atomic E-state index is 12.9. The number of anilines is 6. The van der Waals surface area contributed by atoms with Crippen LogP contribution in [0.1, 0.15) is 26.7 Å². The Labute approximate surface area is 254 Å². The topological polar surface area (TPSA) is 106 Å². The molecule has 0 bridgehead atoms. The Bertz CT molecular complexity index is 1490. The van der Waals surface area contributed by atoms with Crippen LogP contribution in [0.4, 0.5) is 34.5 Å². The number of hydrogen-bond donors (Lipinski definition) is 3. The predicted octanol–water partition coefficient (Wildman–Crippen LogP) is 5.06. The fraction of sp³-hybridized carbons (Fsp3) is 0.467. The number of likely N-dealkylation sites (N-methyl/N-ethyl adjacent to an activating group) is 1. The van der Waals surface area contributed by atoms with E-state index in [0.29, 0.717) is 23.5 Å². The van der Waals surface area contributed by atoms with E-state index < -0.39 is 15.1 Å². The van der Waals surface area contributed by atoms with Crippen molar-refractivity contribution in [2.75, 3.05) is 74.2 Å². The minimum absolute atomic E-state index is 0.199. The first kappa shape index (κ1) is 30.3. The molecule has 0 radical (unpaired) electrons. The molecule has 10 nitrogen and oxygen atoms in total. The quantitative estimate of drug-likeness (QED) is 0.304. The molecule has 3 N–H and O–H groups in total. The molecular formula is C30H41ClN8O2S. The number of aromatic nitrogens is 2. The first-order valence-electron chi connectivity index (χ1n) is 14.5. The van der Waals surface area contributed by atoms with Crippen LogP contribution >= 0.6 is 11.6 Å². The van der Waals surface area contributed by atoms with Crippen LogP contribution in [0.3, 0.4) is 0 Å². The van der Waals surface area contributed by atoms with Crippen molar-refractivity contribution in [2.24, 2.45) is 0 Å². The normalized spacial score (nSPS) is 17.4. The molecule has 0 amide bonds. The van der Waals surface area contributed by atoms with Crippen molar-refractivity contribution >= 4 is 56.0 Å². The lowest BCUT2D eigenvalue weighted by Crippen LogP contribution is -2.52. The fourth-order valence-electron chi connectivity index (χ4n) is 5.56. The molecule has 2 aliphatic heterocycles. The molecule has 1 aromatic heterocycles. The lowest BCUT2D eigenvalue weighted by Gasteiger charge is -2.42. The molecule has 42 heavy (non-hydrogen) atoms. The largest absolute Gasteiger partial charge is 0.386 e. The van der Waals surface area contributed by atoms with Gasteiger partial charge in [0.05, 0.1) is 33.4 Å². The van der Waals surface area contributed by atoms with Crippen molar-refractivity contribution in [1.82, 2.24) is 19.8 Å². The summed E-state index contributed by atoms with van der Waals surface area (Å²) in [6, 6.07) is 13.7. The number of piperidine rings is 1. The first-order valence-corrected chi connectivity index (χ1v) is 16.5. The monoisotopic (exact) mass is 612 g/mol. The maximum atomic E-state index is 12.9. The van der Waals surface area contributed by atoms with Gasteiger partial charge in [-0.05, 0) is 64.1 Å². The first-order chi connectivity index (χ1) is 20.2. The smallest absolute Gasteiger partial charge is 0.229 e. The molecule has 5 rings (SSSR count). The average molecular weight is 613 g/mol. The number of benzene rings is 2. The van der Waals surface area contributed by atoms with Crippen molar-refractivity contribution in [2.45, 2.75) is 42.9 Å². The number of halogens is 1. The SMILES string of the molecule is CNc1cc(N2CCC(N3CCN(C)CC3)CC2)ccc1Nc1ncc(Cl)c(Nc2ccccc2S(=O)(=O)C(C)C)n1. The van der Waals surface area contributed by atoms with E-state index in [2.05, 4.69) is 59.8 Å². The number of sulfone groups is 1. The Morgan fingerprint density at radius 1 is 0.929 bits per heavy atom. The Morgan fingerprint density at radius 2 is 1.64 bits per heavy atom. The van der Waals surface area contributed by atoms with Crippen LogP contribution in [-0.4, -0.2) is 92.8 Å². The summed E-state index contributed by atoms with van der Waals surface area (Å²) in [5, 5.41) is 9.41. The summed E-state index contributed by atoms with van der Waals surface area (Å²) in [6.07, 6.45) is 3.85. The maximum Gasteiger partial charge on any atom is 0.229 e. The molecule has 2 aromatic carbocycles. The molecule has 2 aliphatic rings. The summed E-state index contributed by atoms with van der Waals surface area (Å²) in [4.78, 5) is 16.7. The molecule has 12 heteroatoms. The molecule has 0 saturated carbocycles. The lowest BCUT2D eigenvalue weighted by atomic mass is 10.0. The van der Waals surface area contributed by atoms with Gasteiger partial charge < -0.3 is 25.8 Å². The van der Waals surface area contributed by atoms with Crippen LogP contribution in [0.5, 0.6) is 0 Å². The molecule has 3 heterocycles. The van der Waals surface area contributed by atoms with E-state index in [1.54, 1.807) is 38.1 Å². The minimum Gasteiger partial charge on any atom is -0.386 e. The number of para-hydroxylation sites is 1. The summed E-state index contributed by atoms with van der Waals surface area (Å²) < 4.78 is 25.8. The second-order valence-corrected chi connectivity index (χ2v) is 14.1. The third-order valence-electron chi connectivity index (χ3n) is 8.21. The Kier molecular flexibility index (Phi) is 9.41. The van der Waals surface area contributed by atoms with Gasteiger partial charge in [0, 0.05) is 58.0 Å². The zero-order chi connectivity index (χ0) is 29.9. The van der Waals surface area contributed by atoms with Crippen LogP contribution in [-0.2, 0) is 9.84 Å². The molecule has 2 fully saturated rings. The Hall–Kier alpha value is -3.12. The van der Waals surface area contributed by atoms with E-state index in [1.165, 1.54) is 37.8 Å². The van der Waals surface area contributed by atoms with Crippen molar-refractivity contribution in [3.05, 3.63) is 53.7 Å². The summed E-state index contributed by atoms with van der Waals surface area (Å²) in [6.45, 7) is 10.0. The van der Waals surface area contributed by atoms with Gasteiger partial charge in [-0.2, -0.15) is 4.98 Å². The highest BCUT2D eigenvalue weighted by atomic mass is 35.5. The summed E-state index contributed by atoms with van der Waals surface area (Å²) in [7, 11) is 0.585. The van der Waals surface area contributed by atoms with Crippen LogP contribution in [0.15, 0.2) is 53.6 Å². The standard InChI is InChI=1S/C30H41ClN8O2S/c1-21(2)42(40,41)28-8-6-5-7-26(28)34-29-24(31)20-33-30(36-29)35-25-10-9-23(19-27(25)32-3)38-13-11-22(12-14-38)39-17-15-37(4)16-18-39/h5-10,19-22,32H,11-18H2,1-4H3,(H2,33,34,35,36). The molecular weight excluding hydrogens is 572 g/mol. The molecule has 226 valence electrons. The average Bonchev–Trinajstić information content (AvgIpc) is 2.99. The van der Waals surface area contributed by atoms with Gasteiger partial charge in [-0.3, -0.25) is 4.90 Å². The fourth-order valence-corrected chi connectivity index (χ4v) is 6.90. The Balaban J connectivity index is 1.28. The summed E-state index contributed by atoms with van der Waals surface area (Å²) in [5.74, 6) is 0.648. The molecule has 0 aliphatic carbocycles. The van der Waals surface area contributed by atoms with Crippen molar-refractivity contribution in [3.8, 4) is 0 Å². The number of nitrogens with zero attached hydrogens (tertiary/aromatic N) is 5. The van der Waals surface area contributed by atoms with Crippen LogP contribution < -0.4 is 20.9 Å². The second kappa shape index (κ2) is 13.0. The number of rotatable bonds is 9. The summed E-state index contributed by atoms with van der Waals surface area (Å²) >= 11 is 6.42. The number of nitrogens with one attached hydrogen (secondary N) is 3. The van der Waals surface area contributed by atoms with Crippen molar-refractivity contribution < 1.29 is 8.42 Å². The van der Waals surface area contributed by atoms with Gasteiger partial charge in [0.2, 0.25) is 5.95 Å². The van der Waals surface area contributed by atoms with Crippen molar-refractivity contribution in [3.63, 3.8) is 0 Å². The predicted molar refractivity (Wildman–Crippen MR) is 173 cm³/mol. The van der Waals surface area contributed by atoms with Gasteiger partial charge in [-0.1, -0.05) is 23.7 Å². The zero-order valence-corrected chi connectivity index (χ0v) is 26.3. The third kappa shape index (κ3) is 6.75. The van der Waals surface area contributed by atoms with E-state index in [0.717, 1.165) is 37.6 Å². The lowest BCUT2D eigenvalue weighted by molar-refractivity contribution is 0.0982. The van der Waals surface area contributed by atoms with Gasteiger partial charge >= 0.3 is 0 Å². The highest BCUT2D eigenvalue weighted by Gasteiger charge is 2.27. The van der Waals surface area contributed by atoms with E-state index in [4.69, 9.17) is 11.6 Å². The number of piperazine rings is 1. The zero-order valence-electron chi connectivity index (χ0n) is 24.8. The van der Waals surface area contributed by atoms with Gasteiger partial charge in [-0.15, -0.1) is 0 Å². The van der Waals surface area contributed by atoms with Crippen LogP contribution in [0, 0.1) is 0 Å². The summed E-state index contributed by atoms with van der Waals surface area (Å²) in [5.41, 5.74) is 3.35. The van der Waals surface area contributed by atoms with Gasteiger partial charge in [0.15, 0.2) is 15.7 Å². The van der Waals surface area contributed by atoms with Gasteiger partial charge in [-0.25, -0.2) is 13.4 Å². The number of hydrogen-bond acceptors (Lipinski definition) is 10. The van der Waals surface area contributed by atoms with Crippen LogP contribution in [0.2, 0.25) is 5.02 Å². The van der Waals surface area contributed by atoms with Gasteiger partial charge in [0.1, 0.15) is 5.02 Å². The molecule has 3 aromatic rings. The van der Waals surface area contributed by atoms with E-state index >= 15 is 0 Å².